The van der Waals surface area contributed by atoms with Crippen LogP contribution in [-0.4, -0.2) is 29.5 Å². The fraction of sp³-hybridized carbons (Fsp3) is 0.235. The summed E-state index contributed by atoms with van der Waals surface area (Å²) >= 11 is 5.56. The van der Waals surface area contributed by atoms with E-state index in [-0.39, 0.29) is 11.8 Å². The topological polar surface area (TPSA) is 52.6 Å². The average Bonchev–Trinajstić information content (AvgIpc) is 2.90. The van der Waals surface area contributed by atoms with Crippen molar-refractivity contribution in [1.29, 1.82) is 0 Å². The van der Waals surface area contributed by atoms with Gasteiger partial charge in [-0.1, -0.05) is 18.2 Å². The Morgan fingerprint density at radius 1 is 1.18 bits per heavy atom. The van der Waals surface area contributed by atoms with E-state index in [1.807, 2.05) is 48.5 Å². The van der Waals surface area contributed by atoms with Gasteiger partial charge in [0.25, 0.3) is 5.91 Å². The predicted octanol–water partition coefficient (Wildman–Crippen LogP) is 2.86. The maximum atomic E-state index is 12.4. The normalized spacial score (nSPS) is 14.8. The Kier molecular flexibility index (Phi) is 4.32. The number of aliphatic hydroxyl groups is 1. The number of nitrogens with one attached hydrogen (secondary N) is 1. The minimum Gasteiger partial charge on any atom is -0.390 e. The van der Waals surface area contributed by atoms with Gasteiger partial charge < -0.3 is 15.3 Å². The van der Waals surface area contributed by atoms with Gasteiger partial charge in [-0.05, 0) is 35.9 Å². The molecular weight excluding hydrogens is 300 g/mol. The third-order valence-corrected chi connectivity index (χ3v) is 4.08. The van der Waals surface area contributed by atoms with Gasteiger partial charge in [0.2, 0.25) is 0 Å². The Morgan fingerprint density at radius 3 is 2.59 bits per heavy atom. The fourth-order valence-electron chi connectivity index (χ4n) is 2.51. The van der Waals surface area contributed by atoms with E-state index in [1.165, 1.54) is 0 Å². The molecule has 1 heterocycles. The van der Waals surface area contributed by atoms with E-state index >= 15 is 0 Å². The molecule has 1 aliphatic heterocycles. The first-order valence-electron chi connectivity index (χ1n) is 7.17. The van der Waals surface area contributed by atoms with Crippen molar-refractivity contribution in [2.75, 3.05) is 22.6 Å². The summed E-state index contributed by atoms with van der Waals surface area (Å²) in [6.45, 7) is 1.00. The van der Waals surface area contributed by atoms with Crippen molar-refractivity contribution in [3.63, 3.8) is 0 Å². The molecule has 2 N–H and O–H groups in total. The molecule has 0 saturated heterocycles. The molecule has 0 saturated carbocycles. The van der Waals surface area contributed by atoms with Gasteiger partial charge in [0, 0.05) is 23.5 Å². The molecule has 2 aromatic rings. The quantitative estimate of drug-likeness (QED) is 0.834. The maximum Gasteiger partial charge on any atom is 0.258 e. The Balaban J connectivity index is 1.71. The number of aliphatic hydroxyl groups excluding tert-OH is 1. The number of carbonyl (C=O) groups excluding carboxylic acids is 1. The molecule has 2 aromatic carbocycles. The molecule has 0 aliphatic carbocycles. The number of nitrogens with zero attached hydrogens (tertiary/aromatic N) is 1. The third-order valence-electron chi connectivity index (χ3n) is 3.72. The second kappa shape index (κ2) is 6.38. The van der Waals surface area contributed by atoms with Crippen LogP contribution in [0.15, 0.2) is 48.5 Å². The zero-order valence-corrected chi connectivity index (χ0v) is 12.8. The lowest BCUT2D eigenvalue weighted by atomic mass is 10.1. The first kappa shape index (κ1) is 14.9. The van der Waals surface area contributed by atoms with Crippen LogP contribution in [0.1, 0.15) is 15.9 Å². The van der Waals surface area contributed by atoms with E-state index in [4.69, 9.17) is 11.6 Å². The van der Waals surface area contributed by atoms with Gasteiger partial charge in [-0.15, -0.1) is 11.6 Å². The summed E-state index contributed by atoms with van der Waals surface area (Å²) in [6.07, 6.45) is -0.573. The van der Waals surface area contributed by atoms with Crippen molar-refractivity contribution < 1.29 is 9.90 Å². The maximum absolute atomic E-state index is 12.4. The number of alkyl halides is 1. The van der Waals surface area contributed by atoms with E-state index in [9.17, 15) is 9.90 Å². The average molecular weight is 317 g/mol. The van der Waals surface area contributed by atoms with Gasteiger partial charge in [-0.2, -0.15) is 0 Å². The van der Waals surface area contributed by atoms with Crippen molar-refractivity contribution in [3.8, 4) is 0 Å². The van der Waals surface area contributed by atoms with Crippen LogP contribution in [0.4, 0.5) is 11.4 Å². The van der Waals surface area contributed by atoms with Crippen molar-refractivity contribution in [3.05, 3.63) is 59.7 Å². The fourth-order valence-corrected chi connectivity index (χ4v) is 2.62. The van der Waals surface area contributed by atoms with Crippen LogP contribution in [0, 0.1) is 0 Å². The van der Waals surface area contributed by atoms with Crippen LogP contribution in [0.3, 0.4) is 0 Å². The standard InChI is InChI=1S/C17H17ClN2O2/c18-9-15(21)10-19-13-5-7-14(8-6-13)20-11-12-3-1-2-4-16(12)17(20)22/h1-8,15,19,21H,9-11H2. The first-order chi connectivity index (χ1) is 10.7. The number of amides is 1. The Hall–Kier alpha value is -2.04. The third kappa shape index (κ3) is 2.93. The summed E-state index contributed by atoms with van der Waals surface area (Å²) in [5.41, 5.74) is 3.58. The molecule has 0 spiro atoms. The molecule has 0 fully saturated rings. The second-order valence-corrected chi connectivity index (χ2v) is 5.59. The van der Waals surface area contributed by atoms with Crippen LogP contribution in [0.25, 0.3) is 0 Å². The van der Waals surface area contributed by atoms with Crippen LogP contribution >= 0.6 is 11.6 Å². The molecule has 4 nitrogen and oxygen atoms in total. The molecular formula is C17H17ClN2O2. The summed E-state index contributed by atoms with van der Waals surface area (Å²) < 4.78 is 0. The molecule has 5 heteroatoms. The molecule has 1 unspecified atom stereocenters. The number of anilines is 2. The highest BCUT2D eigenvalue weighted by atomic mass is 35.5. The van der Waals surface area contributed by atoms with E-state index in [0.717, 1.165) is 22.5 Å². The van der Waals surface area contributed by atoms with Gasteiger partial charge in [-0.25, -0.2) is 0 Å². The second-order valence-electron chi connectivity index (χ2n) is 5.28. The van der Waals surface area contributed by atoms with Crippen LogP contribution in [0.2, 0.25) is 0 Å². The number of halogens is 1. The molecule has 0 radical (unpaired) electrons. The minimum atomic E-state index is -0.573. The number of hydrogen-bond acceptors (Lipinski definition) is 3. The highest BCUT2D eigenvalue weighted by molar-refractivity contribution is 6.18. The van der Waals surface area contributed by atoms with E-state index < -0.39 is 6.10 Å². The first-order valence-corrected chi connectivity index (χ1v) is 7.70. The Labute approximate surface area is 134 Å². The zero-order chi connectivity index (χ0) is 15.5. The van der Waals surface area contributed by atoms with Gasteiger partial charge in [0.05, 0.1) is 18.5 Å². The smallest absolute Gasteiger partial charge is 0.258 e. The van der Waals surface area contributed by atoms with Crippen molar-refractivity contribution >= 4 is 28.9 Å². The van der Waals surface area contributed by atoms with Crippen molar-refractivity contribution in [2.45, 2.75) is 12.6 Å². The molecule has 22 heavy (non-hydrogen) atoms. The summed E-state index contributed by atoms with van der Waals surface area (Å²) in [4.78, 5) is 14.2. The van der Waals surface area contributed by atoms with Gasteiger partial charge in [0.15, 0.2) is 0 Å². The summed E-state index contributed by atoms with van der Waals surface area (Å²) in [5.74, 6) is 0.236. The summed E-state index contributed by atoms with van der Waals surface area (Å²) in [7, 11) is 0. The number of rotatable bonds is 5. The SMILES string of the molecule is O=C1c2ccccc2CN1c1ccc(NCC(O)CCl)cc1. The summed E-state index contributed by atoms with van der Waals surface area (Å²) in [5, 5.41) is 12.5. The zero-order valence-electron chi connectivity index (χ0n) is 12.0. The molecule has 1 aliphatic rings. The van der Waals surface area contributed by atoms with Crippen LogP contribution in [-0.2, 0) is 6.54 Å². The van der Waals surface area contributed by atoms with Crippen LogP contribution in [0.5, 0.6) is 0 Å². The molecule has 1 atom stereocenters. The molecule has 0 aromatic heterocycles. The Bertz CT molecular complexity index is 673. The molecule has 1 amide bonds. The molecule has 3 rings (SSSR count). The monoisotopic (exact) mass is 316 g/mol. The minimum absolute atomic E-state index is 0.0360. The van der Waals surface area contributed by atoms with E-state index in [2.05, 4.69) is 5.32 Å². The van der Waals surface area contributed by atoms with Crippen molar-refractivity contribution in [2.24, 2.45) is 0 Å². The number of fused-ring (bicyclic) bond motifs is 1. The van der Waals surface area contributed by atoms with E-state index in [1.54, 1.807) is 4.90 Å². The van der Waals surface area contributed by atoms with Crippen LogP contribution < -0.4 is 10.2 Å². The molecule has 0 bridgehead atoms. The lowest BCUT2D eigenvalue weighted by Crippen LogP contribution is -2.23. The summed E-state index contributed by atoms with van der Waals surface area (Å²) in [6, 6.07) is 15.3. The predicted molar refractivity (Wildman–Crippen MR) is 88.6 cm³/mol. The van der Waals surface area contributed by atoms with Gasteiger partial charge >= 0.3 is 0 Å². The Morgan fingerprint density at radius 2 is 1.91 bits per heavy atom. The van der Waals surface area contributed by atoms with Crippen molar-refractivity contribution in [1.82, 2.24) is 0 Å². The largest absolute Gasteiger partial charge is 0.390 e. The number of carbonyl (C=O) groups is 1. The van der Waals surface area contributed by atoms with Gasteiger partial charge in [-0.3, -0.25) is 4.79 Å². The lowest BCUT2D eigenvalue weighted by Gasteiger charge is -2.17. The molecule has 114 valence electrons. The number of hydrogen-bond donors (Lipinski definition) is 2. The highest BCUT2D eigenvalue weighted by Gasteiger charge is 2.27. The van der Waals surface area contributed by atoms with Gasteiger partial charge in [0.1, 0.15) is 0 Å². The van der Waals surface area contributed by atoms with E-state index in [0.29, 0.717) is 13.1 Å². The number of benzene rings is 2. The highest BCUT2D eigenvalue weighted by Crippen LogP contribution is 2.28. The lowest BCUT2D eigenvalue weighted by molar-refractivity contribution is 0.0996.